The Morgan fingerprint density at radius 1 is 1.24 bits per heavy atom. The van der Waals surface area contributed by atoms with E-state index in [0.29, 0.717) is 6.42 Å². The second-order valence-corrected chi connectivity index (χ2v) is 4.57. The zero-order chi connectivity index (χ0) is 13.5. The summed E-state index contributed by atoms with van der Waals surface area (Å²) in [6.07, 6.45) is 2.24. The molecule has 0 aliphatic carbocycles. The minimum atomic E-state index is -0.897. The number of amides is 2. The van der Waals surface area contributed by atoms with Crippen LogP contribution < -0.4 is 10.6 Å². The lowest BCUT2D eigenvalue weighted by molar-refractivity contribution is -0.137. The number of nitrogens with one attached hydrogen (secondary N) is 2. The largest absolute Gasteiger partial charge is 0.481 e. The van der Waals surface area contributed by atoms with Crippen LogP contribution in [0.15, 0.2) is 0 Å². The predicted molar refractivity (Wildman–Crippen MR) is 67.0 cm³/mol. The van der Waals surface area contributed by atoms with Crippen LogP contribution in [0, 0.1) is 0 Å². The Labute approximate surface area is 103 Å². The number of hydrogen-bond donors (Lipinski definition) is 3. The van der Waals surface area contributed by atoms with Gasteiger partial charge in [0.05, 0.1) is 6.42 Å². The van der Waals surface area contributed by atoms with Crippen LogP contribution in [-0.4, -0.2) is 28.7 Å². The molecule has 2 amide bonds. The summed E-state index contributed by atoms with van der Waals surface area (Å²) in [7, 11) is 0. The first-order valence-electron chi connectivity index (χ1n) is 6.17. The Kier molecular flexibility index (Phi) is 6.61. The second kappa shape index (κ2) is 7.14. The molecule has 1 unspecified atom stereocenters. The first-order chi connectivity index (χ1) is 7.86. The third kappa shape index (κ3) is 6.14. The Balaban J connectivity index is 4.28. The van der Waals surface area contributed by atoms with Crippen molar-refractivity contribution in [3.05, 3.63) is 0 Å². The summed E-state index contributed by atoms with van der Waals surface area (Å²) in [6.45, 7) is 7.86. The van der Waals surface area contributed by atoms with Gasteiger partial charge in [-0.3, -0.25) is 4.79 Å². The van der Waals surface area contributed by atoms with E-state index in [1.807, 2.05) is 27.7 Å². The molecule has 0 rings (SSSR count). The van der Waals surface area contributed by atoms with E-state index >= 15 is 0 Å². The van der Waals surface area contributed by atoms with Gasteiger partial charge in [-0.25, -0.2) is 4.79 Å². The summed E-state index contributed by atoms with van der Waals surface area (Å²) in [5.74, 6) is -0.897. The van der Waals surface area contributed by atoms with Gasteiger partial charge in [0.1, 0.15) is 0 Å². The Hall–Kier alpha value is -1.26. The van der Waals surface area contributed by atoms with Crippen molar-refractivity contribution in [3.8, 4) is 0 Å². The number of carbonyl (C=O) groups is 2. The first-order valence-corrected chi connectivity index (χ1v) is 6.17. The molecule has 0 aromatic rings. The van der Waals surface area contributed by atoms with Crippen LogP contribution in [-0.2, 0) is 4.79 Å². The van der Waals surface area contributed by atoms with Gasteiger partial charge in [0.2, 0.25) is 0 Å². The molecule has 0 heterocycles. The Bertz CT molecular complexity index is 262. The van der Waals surface area contributed by atoms with Crippen LogP contribution in [0.3, 0.4) is 0 Å². The lowest BCUT2D eigenvalue weighted by Crippen LogP contribution is -2.52. The van der Waals surface area contributed by atoms with Crippen molar-refractivity contribution in [2.45, 2.75) is 65.0 Å². The molecule has 1 atom stereocenters. The van der Waals surface area contributed by atoms with Gasteiger partial charge in [0.25, 0.3) is 0 Å². The minimum Gasteiger partial charge on any atom is -0.481 e. The van der Waals surface area contributed by atoms with Gasteiger partial charge in [-0.1, -0.05) is 20.8 Å². The molecule has 0 bridgehead atoms. The maximum atomic E-state index is 11.7. The number of hydrogen-bond acceptors (Lipinski definition) is 2. The van der Waals surface area contributed by atoms with Crippen LogP contribution in [0.25, 0.3) is 0 Å². The van der Waals surface area contributed by atoms with Gasteiger partial charge in [-0.2, -0.15) is 0 Å². The number of carbonyl (C=O) groups excluding carboxylic acids is 1. The van der Waals surface area contributed by atoms with E-state index in [1.54, 1.807) is 0 Å². The lowest BCUT2D eigenvalue weighted by atomic mass is 9.96. The van der Waals surface area contributed by atoms with Crippen LogP contribution in [0.4, 0.5) is 4.79 Å². The highest BCUT2D eigenvalue weighted by Gasteiger charge is 2.23. The molecule has 5 nitrogen and oxygen atoms in total. The maximum Gasteiger partial charge on any atom is 0.315 e. The maximum absolute atomic E-state index is 11.7. The molecule has 0 saturated carbocycles. The number of aliphatic carboxylic acids is 1. The molecule has 0 fully saturated rings. The van der Waals surface area contributed by atoms with Crippen molar-refractivity contribution >= 4 is 12.0 Å². The molecule has 0 aromatic heterocycles. The lowest BCUT2D eigenvalue weighted by Gasteiger charge is -2.29. The molecular formula is C12H24N2O3. The number of carboxylic acids is 1. The van der Waals surface area contributed by atoms with Gasteiger partial charge in [-0.15, -0.1) is 0 Å². The van der Waals surface area contributed by atoms with E-state index in [9.17, 15) is 9.59 Å². The summed E-state index contributed by atoms with van der Waals surface area (Å²) in [6, 6.07) is -0.602. The van der Waals surface area contributed by atoms with E-state index in [2.05, 4.69) is 10.6 Å². The average molecular weight is 244 g/mol. The molecule has 3 N–H and O–H groups in total. The van der Waals surface area contributed by atoms with Crippen molar-refractivity contribution in [1.29, 1.82) is 0 Å². The van der Waals surface area contributed by atoms with Crippen LogP contribution in [0.1, 0.15) is 53.4 Å². The fourth-order valence-corrected chi connectivity index (χ4v) is 1.43. The smallest absolute Gasteiger partial charge is 0.315 e. The highest BCUT2D eigenvalue weighted by Crippen LogP contribution is 2.13. The van der Waals surface area contributed by atoms with E-state index in [1.165, 1.54) is 0 Å². The van der Waals surface area contributed by atoms with Gasteiger partial charge < -0.3 is 15.7 Å². The SMILES string of the molecule is CCC(CC(=O)O)NC(=O)NC(C)(CC)CC. The van der Waals surface area contributed by atoms with Crippen LogP contribution in [0.2, 0.25) is 0 Å². The topological polar surface area (TPSA) is 78.4 Å². The summed E-state index contributed by atoms with van der Waals surface area (Å²) in [5, 5.41) is 14.3. The van der Waals surface area contributed by atoms with Crippen LogP contribution >= 0.6 is 0 Å². The van der Waals surface area contributed by atoms with Crippen LogP contribution in [0.5, 0.6) is 0 Å². The molecule has 5 heteroatoms. The average Bonchev–Trinajstić information content (AvgIpc) is 2.27. The zero-order valence-electron chi connectivity index (χ0n) is 11.2. The third-order valence-corrected chi connectivity index (χ3v) is 3.23. The number of rotatable bonds is 7. The fourth-order valence-electron chi connectivity index (χ4n) is 1.43. The van der Waals surface area contributed by atoms with Gasteiger partial charge in [-0.05, 0) is 26.2 Å². The van der Waals surface area contributed by atoms with Gasteiger partial charge >= 0.3 is 12.0 Å². The van der Waals surface area contributed by atoms with Crippen molar-refractivity contribution < 1.29 is 14.7 Å². The van der Waals surface area contributed by atoms with E-state index < -0.39 is 5.97 Å². The van der Waals surface area contributed by atoms with Gasteiger partial charge in [0.15, 0.2) is 0 Å². The van der Waals surface area contributed by atoms with Crippen molar-refractivity contribution in [2.75, 3.05) is 0 Å². The monoisotopic (exact) mass is 244 g/mol. The summed E-state index contributed by atoms with van der Waals surface area (Å²) in [4.78, 5) is 22.3. The van der Waals surface area contributed by atoms with Crippen molar-refractivity contribution in [2.24, 2.45) is 0 Å². The molecular weight excluding hydrogens is 220 g/mol. The number of carboxylic acid groups (broad SMARTS) is 1. The molecule has 0 aromatic carbocycles. The van der Waals surface area contributed by atoms with Gasteiger partial charge in [0, 0.05) is 11.6 Å². The summed E-state index contributed by atoms with van der Waals surface area (Å²) >= 11 is 0. The van der Waals surface area contributed by atoms with E-state index in [0.717, 1.165) is 12.8 Å². The van der Waals surface area contributed by atoms with E-state index in [4.69, 9.17) is 5.11 Å². The Morgan fingerprint density at radius 3 is 2.12 bits per heavy atom. The predicted octanol–water partition coefficient (Wildman–Crippen LogP) is 2.12. The highest BCUT2D eigenvalue weighted by molar-refractivity contribution is 5.76. The molecule has 100 valence electrons. The minimum absolute atomic E-state index is 0.0428. The van der Waals surface area contributed by atoms with Crippen molar-refractivity contribution in [3.63, 3.8) is 0 Å². The normalized spacial score (nSPS) is 12.9. The molecule has 0 aliphatic heterocycles. The highest BCUT2D eigenvalue weighted by atomic mass is 16.4. The quantitative estimate of drug-likeness (QED) is 0.642. The molecule has 0 spiro atoms. The third-order valence-electron chi connectivity index (χ3n) is 3.23. The first kappa shape index (κ1) is 15.7. The summed E-state index contributed by atoms with van der Waals surface area (Å²) < 4.78 is 0. The standard InChI is InChI=1S/C12H24N2O3/c1-5-9(8-10(15)16)13-11(17)14-12(4,6-2)7-3/h9H,5-8H2,1-4H3,(H,15,16)(H2,13,14,17). The number of urea groups is 1. The Morgan fingerprint density at radius 2 is 1.76 bits per heavy atom. The molecule has 17 heavy (non-hydrogen) atoms. The fraction of sp³-hybridized carbons (Fsp3) is 0.833. The zero-order valence-corrected chi connectivity index (χ0v) is 11.2. The molecule has 0 aliphatic rings. The molecule has 0 radical (unpaired) electrons. The molecule has 0 saturated heterocycles. The van der Waals surface area contributed by atoms with Crippen molar-refractivity contribution in [1.82, 2.24) is 10.6 Å². The summed E-state index contributed by atoms with van der Waals surface area (Å²) in [5.41, 5.74) is -0.231. The second-order valence-electron chi connectivity index (χ2n) is 4.57. The van der Waals surface area contributed by atoms with E-state index in [-0.39, 0.29) is 24.0 Å².